The van der Waals surface area contributed by atoms with E-state index in [0.717, 1.165) is 53.3 Å². The number of hydrogen-bond donors (Lipinski definition) is 0. The highest BCUT2D eigenvalue weighted by atomic mass is 19.1. The molecule has 1 aliphatic carbocycles. The second kappa shape index (κ2) is 9.69. The summed E-state index contributed by atoms with van der Waals surface area (Å²) in [5.41, 5.74) is 4.37. The molecule has 0 atom stereocenters. The van der Waals surface area contributed by atoms with Gasteiger partial charge in [-0.15, -0.1) is 0 Å². The summed E-state index contributed by atoms with van der Waals surface area (Å²) < 4.78 is 13.7. The van der Waals surface area contributed by atoms with Gasteiger partial charge in [0.2, 0.25) is 0 Å². The van der Waals surface area contributed by atoms with Gasteiger partial charge in [0, 0.05) is 41.9 Å². The number of carbonyl (C=O) groups is 1. The third-order valence-electron chi connectivity index (χ3n) is 7.57. The van der Waals surface area contributed by atoms with E-state index in [1.165, 1.54) is 12.1 Å². The second-order valence-corrected chi connectivity index (χ2v) is 10.4. The van der Waals surface area contributed by atoms with Crippen LogP contribution in [-0.2, 0) is 13.1 Å². The molecule has 0 radical (unpaired) electrons. The van der Waals surface area contributed by atoms with Gasteiger partial charge >= 0.3 is 0 Å². The molecule has 1 amide bonds. The van der Waals surface area contributed by atoms with Crippen LogP contribution in [0.3, 0.4) is 0 Å². The molecule has 1 aliphatic heterocycles. The average Bonchev–Trinajstić information content (AvgIpc) is 3.67. The molecule has 2 heterocycles. The monoisotopic (exact) mass is 495 g/mol. The van der Waals surface area contributed by atoms with Gasteiger partial charge in [0.15, 0.2) is 0 Å². The Morgan fingerprint density at radius 1 is 0.973 bits per heavy atom. The van der Waals surface area contributed by atoms with E-state index in [2.05, 4.69) is 0 Å². The maximum Gasteiger partial charge on any atom is 0.255 e. The van der Waals surface area contributed by atoms with Crippen molar-refractivity contribution in [3.05, 3.63) is 107 Å². The second-order valence-electron chi connectivity index (χ2n) is 10.4. The number of para-hydroxylation sites is 1. The van der Waals surface area contributed by atoms with Gasteiger partial charge in [-0.3, -0.25) is 4.79 Å². The summed E-state index contributed by atoms with van der Waals surface area (Å²) in [6.45, 7) is 1.63. The topological polar surface area (TPSA) is 56.3 Å². The molecule has 0 bridgehead atoms. The van der Waals surface area contributed by atoms with Crippen LogP contribution in [-0.4, -0.2) is 39.6 Å². The fourth-order valence-corrected chi connectivity index (χ4v) is 5.57. The Morgan fingerprint density at radius 2 is 1.70 bits per heavy atom. The van der Waals surface area contributed by atoms with Crippen LogP contribution in [0.4, 0.5) is 4.39 Å². The van der Waals surface area contributed by atoms with E-state index >= 15 is 0 Å². The van der Waals surface area contributed by atoms with Crippen molar-refractivity contribution in [1.82, 2.24) is 9.88 Å². The fraction of sp³-hybridized carbons (Fsp3) is 0.290. The number of hydroxylamine groups is 3. The van der Waals surface area contributed by atoms with Gasteiger partial charge in [-0.1, -0.05) is 60.7 Å². The molecule has 188 valence electrons. The highest BCUT2D eigenvalue weighted by Crippen LogP contribution is 2.37. The molecule has 6 heteroatoms. The van der Waals surface area contributed by atoms with Crippen LogP contribution in [0.15, 0.2) is 78.9 Å². The van der Waals surface area contributed by atoms with Crippen LogP contribution in [0.5, 0.6) is 0 Å². The number of benzene rings is 3. The first-order valence-corrected chi connectivity index (χ1v) is 13.1. The third-order valence-corrected chi connectivity index (χ3v) is 7.57. The molecule has 1 saturated heterocycles. The normalized spacial score (nSPS) is 16.7. The minimum Gasteiger partial charge on any atom is -0.633 e. The van der Waals surface area contributed by atoms with Gasteiger partial charge in [-0.05, 0) is 36.6 Å². The number of halogens is 1. The van der Waals surface area contributed by atoms with Gasteiger partial charge in [0.05, 0.1) is 29.9 Å². The van der Waals surface area contributed by atoms with Gasteiger partial charge in [0.1, 0.15) is 12.4 Å². The summed E-state index contributed by atoms with van der Waals surface area (Å²) in [6, 6.07) is 24.1. The van der Waals surface area contributed by atoms with Crippen molar-refractivity contribution in [1.29, 1.82) is 0 Å². The van der Waals surface area contributed by atoms with Crippen molar-refractivity contribution in [2.24, 2.45) is 0 Å². The van der Waals surface area contributed by atoms with Crippen molar-refractivity contribution in [3.8, 4) is 11.3 Å². The lowest BCUT2D eigenvalue weighted by Crippen LogP contribution is -2.40. The van der Waals surface area contributed by atoms with E-state index in [1.807, 2.05) is 65.6 Å². The summed E-state index contributed by atoms with van der Waals surface area (Å²) in [4.78, 5) is 21.4. The molecule has 37 heavy (non-hydrogen) atoms. The number of quaternary nitrogens is 1. The van der Waals surface area contributed by atoms with Crippen molar-refractivity contribution in [2.75, 3.05) is 13.1 Å². The largest absolute Gasteiger partial charge is 0.633 e. The molecule has 2 fully saturated rings. The zero-order valence-corrected chi connectivity index (χ0v) is 20.8. The van der Waals surface area contributed by atoms with Gasteiger partial charge in [-0.25, -0.2) is 9.37 Å². The lowest BCUT2D eigenvalue weighted by atomic mass is 9.94. The van der Waals surface area contributed by atoms with Crippen molar-refractivity contribution in [2.45, 2.75) is 44.8 Å². The summed E-state index contributed by atoms with van der Waals surface area (Å²) in [5.74, 6) is -0.419. The Balaban J connectivity index is 1.54. The Hall–Kier alpha value is -3.61. The van der Waals surface area contributed by atoms with Crippen molar-refractivity contribution in [3.63, 3.8) is 0 Å². The van der Waals surface area contributed by atoms with Crippen LogP contribution in [0.1, 0.15) is 47.2 Å². The Kier molecular flexibility index (Phi) is 6.22. The molecule has 0 N–H and O–H groups in total. The minimum absolute atomic E-state index is 0.108. The van der Waals surface area contributed by atoms with E-state index in [9.17, 15) is 14.4 Å². The number of fused-ring (bicyclic) bond motifs is 1. The smallest absolute Gasteiger partial charge is 0.255 e. The van der Waals surface area contributed by atoms with E-state index in [0.29, 0.717) is 30.9 Å². The number of likely N-dealkylation sites (tertiary alicyclic amines) is 1. The molecule has 2 aliphatic rings. The summed E-state index contributed by atoms with van der Waals surface area (Å²) in [7, 11) is 0. The molecular weight excluding hydrogens is 465 g/mol. The SMILES string of the molecule is O=C(c1c(C[N+]2([O-])CCCC2)c(-c2ccccc2)nc2ccccc12)N(Cc1cccc(F)c1)C1CC1. The Morgan fingerprint density at radius 3 is 2.43 bits per heavy atom. The van der Waals surface area contributed by atoms with Crippen molar-refractivity contribution < 1.29 is 13.8 Å². The van der Waals surface area contributed by atoms with Gasteiger partial charge in [0.25, 0.3) is 5.91 Å². The minimum atomic E-state index is -0.340. The molecule has 3 aromatic carbocycles. The first kappa shape index (κ1) is 23.8. The number of hydrogen-bond acceptors (Lipinski definition) is 3. The molecule has 6 rings (SSSR count). The maximum absolute atomic E-state index is 14.5. The summed E-state index contributed by atoms with van der Waals surface area (Å²) in [5, 5.41) is 14.5. The van der Waals surface area contributed by atoms with Gasteiger partial charge < -0.3 is 14.8 Å². The maximum atomic E-state index is 14.5. The molecule has 4 aromatic rings. The summed E-state index contributed by atoms with van der Waals surface area (Å²) in [6.07, 6.45) is 3.63. The lowest BCUT2D eigenvalue weighted by Gasteiger charge is -2.39. The fourth-order valence-electron chi connectivity index (χ4n) is 5.57. The van der Waals surface area contributed by atoms with Crippen LogP contribution in [0.25, 0.3) is 22.2 Å². The van der Waals surface area contributed by atoms with Crippen molar-refractivity contribution >= 4 is 16.8 Å². The van der Waals surface area contributed by atoms with E-state index in [1.54, 1.807) is 6.07 Å². The number of aromatic nitrogens is 1. The number of rotatable bonds is 7. The Bertz CT molecular complexity index is 1450. The molecule has 0 unspecified atom stereocenters. The van der Waals surface area contributed by atoms with Crippen LogP contribution in [0, 0.1) is 11.0 Å². The van der Waals surface area contributed by atoms with Crippen LogP contribution < -0.4 is 0 Å². The highest BCUT2D eigenvalue weighted by molar-refractivity contribution is 6.09. The summed E-state index contributed by atoms with van der Waals surface area (Å²) >= 11 is 0. The zero-order chi connectivity index (χ0) is 25.4. The molecule has 0 spiro atoms. The van der Waals surface area contributed by atoms with E-state index in [4.69, 9.17) is 4.98 Å². The number of nitrogens with zero attached hydrogens (tertiary/aromatic N) is 3. The van der Waals surface area contributed by atoms with E-state index in [-0.39, 0.29) is 29.0 Å². The average molecular weight is 496 g/mol. The zero-order valence-electron chi connectivity index (χ0n) is 20.8. The van der Waals surface area contributed by atoms with Crippen LogP contribution >= 0.6 is 0 Å². The molecule has 1 saturated carbocycles. The quantitative estimate of drug-likeness (QED) is 0.219. The lowest BCUT2D eigenvalue weighted by molar-refractivity contribution is -0.881. The predicted molar refractivity (Wildman–Crippen MR) is 143 cm³/mol. The van der Waals surface area contributed by atoms with Gasteiger partial charge in [-0.2, -0.15) is 0 Å². The molecule has 1 aromatic heterocycles. The standard InChI is InChI=1S/C31H30FN3O2/c32-24-12-8-9-22(19-24)20-34(25-15-16-25)31(36)29-26-13-4-5-14-28(26)33-30(23-10-2-1-3-11-23)27(29)21-35(37)17-6-7-18-35/h1-5,8-14,19,25H,6-7,15-18,20-21H2. The molecule has 5 nitrogen and oxygen atoms in total. The number of carbonyl (C=O) groups excluding carboxylic acids is 1. The highest BCUT2D eigenvalue weighted by Gasteiger charge is 2.37. The Labute approximate surface area is 216 Å². The van der Waals surface area contributed by atoms with Crippen LogP contribution in [0.2, 0.25) is 0 Å². The first-order valence-electron chi connectivity index (χ1n) is 13.1. The third kappa shape index (κ3) is 4.87. The first-order chi connectivity index (χ1) is 18.0. The number of pyridine rings is 1. The van der Waals surface area contributed by atoms with E-state index < -0.39 is 0 Å². The number of amides is 1. The predicted octanol–water partition coefficient (Wildman–Crippen LogP) is 6.45. The molecular formula is C31H30FN3O2.